The van der Waals surface area contributed by atoms with Crippen molar-refractivity contribution in [3.05, 3.63) is 59.7 Å². The van der Waals surface area contributed by atoms with Gasteiger partial charge in [0.2, 0.25) is 0 Å². The second-order valence-corrected chi connectivity index (χ2v) is 4.35. The molecule has 2 rings (SSSR count). The summed E-state index contributed by atoms with van der Waals surface area (Å²) in [6.45, 7) is 0.612. The van der Waals surface area contributed by atoms with Crippen molar-refractivity contribution in [3.8, 4) is 0 Å². The SMILES string of the molecule is CNCc1ccc(N(C)c2cccc(F)c2)c(F)c1. The van der Waals surface area contributed by atoms with Gasteiger partial charge in [0.05, 0.1) is 5.69 Å². The highest BCUT2D eigenvalue weighted by atomic mass is 19.1. The summed E-state index contributed by atoms with van der Waals surface area (Å²) in [5, 5.41) is 2.97. The lowest BCUT2D eigenvalue weighted by atomic mass is 10.1. The summed E-state index contributed by atoms with van der Waals surface area (Å²) in [4.78, 5) is 1.63. The van der Waals surface area contributed by atoms with E-state index in [9.17, 15) is 8.78 Å². The Morgan fingerprint density at radius 3 is 2.53 bits per heavy atom. The maximum atomic E-state index is 14.0. The van der Waals surface area contributed by atoms with Gasteiger partial charge in [0.15, 0.2) is 0 Å². The molecule has 19 heavy (non-hydrogen) atoms. The molecule has 2 nitrogen and oxygen atoms in total. The molecule has 0 aliphatic heterocycles. The molecule has 2 aromatic rings. The summed E-state index contributed by atoms with van der Waals surface area (Å²) in [5.41, 5.74) is 1.90. The molecular formula is C15H16F2N2. The Balaban J connectivity index is 2.31. The van der Waals surface area contributed by atoms with Crippen molar-refractivity contribution in [1.82, 2.24) is 5.32 Å². The van der Waals surface area contributed by atoms with Crippen molar-refractivity contribution in [2.75, 3.05) is 19.0 Å². The van der Waals surface area contributed by atoms with Crippen LogP contribution in [0.2, 0.25) is 0 Å². The number of anilines is 2. The predicted octanol–water partition coefficient (Wildman–Crippen LogP) is 3.45. The van der Waals surface area contributed by atoms with Crippen LogP contribution in [0.15, 0.2) is 42.5 Å². The van der Waals surface area contributed by atoms with E-state index in [4.69, 9.17) is 0 Å². The van der Waals surface area contributed by atoms with Crippen molar-refractivity contribution in [2.45, 2.75) is 6.54 Å². The molecule has 2 aromatic carbocycles. The van der Waals surface area contributed by atoms with E-state index >= 15 is 0 Å². The topological polar surface area (TPSA) is 15.3 Å². The van der Waals surface area contributed by atoms with Gasteiger partial charge in [-0.25, -0.2) is 8.78 Å². The lowest BCUT2D eigenvalue weighted by molar-refractivity contribution is 0.621. The van der Waals surface area contributed by atoms with Crippen LogP contribution in [0.4, 0.5) is 20.2 Å². The van der Waals surface area contributed by atoms with Crippen LogP contribution in [0.3, 0.4) is 0 Å². The van der Waals surface area contributed by atoms with E-state index in [0.717, 1.165) is 5.56 Å². The number of nitrogens with one attached hydrogen (secondary N) is 1. The molecular weight excluding hydrogens is 246 g/mol. The number of rotatable bonds is 4. The van der Waals surface area contributed by atoms with Crippen molar-refractivity contribution < 1.29 is 8.78 Å². The fourth-order valence-electron chi connectivity index (χ4n) is 1.96. The second kappa shape index (κ2) is 5.80. The van der Waals surface area contributed by atoms with E-state index in [1.165, 1.54) is 18.2 Å². The molecule has 0 aromatic heterocycles. The van der Waals surface area contributed by atoms with Crippen LogP contribution in [-0.4, -0.2) is 14.1 Å². The Hall–Kier alpha value is -1.94. The highest BCUT2D eigenvalue weighted by molar-refractivity contribution is 5.63. The van der Waals surface area contributed by atoms with Gasteiger partial charge in [-0.3, -0.25) is 0 Å². The van der Waals surface area contributed by atoms with Crippen molar-refractivity contribution in [3.63, 3.8) is 0 Å². The highest BCUT2D eigenvalue weighted by Gasteiger charge is 2.10. The Labute approximate surface area is 111 Å². The van der Waals surface area contributed by atoms with E-state index in [-0.39, 0.29) is 11.6 Å². The Kier molecular flexibility index (Phi) is 4.12. The van der Waals surface area contributed by atoms with Gasteiger partial charge in [0.25, 0.3) is 0 Å². The van der Waals surface area contributed by atoms with Crippen LogP contribution in [0.5, 0.6) is 0 Å². The molecule has 0 saturated carbocycles. The Morgan fingerprint density at radius 2 is 1.89 bits per heavy atom. The van der Waals surface area contributed by atoms with Gasteiger partial charge in [-0.2, -0.15) is 0 Å². The van der Waals surface area contributed by atoms with E-state index in [2.05, 4.69) is 5.32 Å². The minimum atomic E-state index is -0.337. The van der Waals surface area contributed by atoms with Crippen molar-refractivity contribution >= 4 is 11.4 Å². The standard InChI is InChI=1S/C15H16F2N2/c1-18-10-11-6-7-15(14(17)8-11)19(2)13-5-3-4-12(16)9-13/h3-9,18H,10H2,1-2H3. The number of hydrogen-bond acceptors (Lipinski definition) is 2. The third-order valence-corrected chi connectivity index (χ3v) is 2.95. The maximum Gasteiger partial charge on any atom is 0.147 e. The average molecular weight is 262 g/mol. The molecule has 0 unspecified atom stereocenters. The fourth-order valence-corrected chi connectivity index (χ4v) is 1.96. The molecule has 0 amide bonds. The molecule has 0 fully saturated rings. The summed E-state index contributed by atoms with van der Waals surface area (Å²) >= 11 is 0. The zero-order chi connectivity index (χ0) is 13.8. The predicted molar refractivity (Wildman–Crippen MR) is 73.6 cm³/mol. The van der Waals surface area contributed by atoms with Gasteiger partial charge in [-0.15, -0.1) is 0 Å². The largest absolute Gasteiger partial charge is 0.342 e. The molecule has 0 aliphatic carbocycles. The van der Waals surface area contributed by atoms with E-state index in [1.807, 2.05) is 13.1 Å². The van der Waals surface area contributed by atoms with Gasteiger partial charge < -0.3 is 10.2 Å². The molecule has 100 valence electrons. The first-order chi connectivity index (χ1) is 9.11. The highest BCUT2D eigenvalue weighted by Crippen LogP contribution is 2.27. The van der Waals surface area contributed by atoms with Crippen LogP contribution < -0.4 is 10.2 Å². The first-order valence-electron chi connectivity index (χ1n) is 6.04. The van der Waals surface area contributed by atoms with Gasteiger partial charge in [0.1, 0.15) is 11.6 Å². The van der Waals surface area contributed by atoms with Crippen molar-refractivity contribution in [2.24, 2.45) is 0 Å². The maximum absolute atomic E-state index is 14.0. The Bertz CT molecular complexity index is 570. The molecule has 0 bridgehead atoms. The fraction of sp³-hybridized carbons (Fsp3) is 0.200. The minimum absolute atomic E-state index is 0.320. The molecule has 0 saturated heterocycles. The summed E-state index contributed by atoms with van der Waals surface area (Å²) < 4.78 is 27.2. The first-order valence-corrected chi connectivity index (χ1v) is 6.04. The third-order valence-electron chi connectivity index (χ3n) is 2.95. The van der Waals surface area contributed by atoms with Gasteiger partial charge in [-0.1, -0.05) is 12.1 Å². The molecule has 0 atom stereocenters. The first kappa shape index (κ1) is 13.5. The van der Waals surface area contributed by atoms with Gasteiger partial charge in [-0.05, 0) is 42.9 Å². The van der Waals surface area contributed by atoms with E-state index in [0.29, 0.717) is 17.9 Å². The van der Waals surface area contributed by atoms with Crippen LogP contribution in [0.1, 0.15) is 5.56 Å². The molecule has 4 heteroatoms. The number of halogens is 2. The summed E-state index contributed by atoms with van der Waals surface area (Å²) in [6.07, 6.45) is 0. The van der Waals surface area contributed by atoms with E-state index < -0.39 is 0 Å². The number of nitrogens with zero attached hydrogens (tertiary/aromatic N) is 1. The summed E-state index contributed by atoms with van der Waals surface area (Å²) in [5.74, 6) is -0.656. The van der Waals surface area contributed by atoms with Crippen LogP contribution in [0.25, 0.3) is 0 Å². The monoisotopic (exact) mass is 262 g/mol. The summed E-state index contributed by atoms with van der Waals surface area (Å²) in [6, 6.07) is 11.1. The number of hydrogen-bond donors (Lipinski definition) is 1. The smallest absolute Gasteiger partial charge is 0.147 e. The molecule has 0 aliphatic rings. The van der Waals surface area contributed by atoms with Crippen LogP contribution >= 0.6 is 0 Å². The minimum Gasteiger partial charge on any atom is -0.342 e. The lowest BCUT2D eigenvalue weighted by Crippen LogP contribution is -2.12. The van der Waals surface area contributed by atoms with E-state index in [1.54, 1.807) is 30.1 Å². The van der Waals surface area contributed by atoms with Crippen molar-refractivity contribution in [1.29, 1.82) is 0 Å². The number of benzene rings is 2. The van der Waals surface area contributed by atoms with Crippen LogP contribution in [-0.2, 0) is 6.54 Å². The normalized spacial score (nSPS) is 10.5. The molecule has 1 N–H and O–H groups in total. The Morgan fingerprint density at radius 1 is 1.11 bits per heavy atom. The average Bonchev–Trinajstić information content (AvgIpc) is 2.38. The van der Waals surface area contributed by atoms with Crippen LogP contribution in [0, 0.1) is 11.6 Å². The third kappa shape index (κ3) is 3.09. The summed E-state index contributed by atoms with van der Waals surface area (Å²) in [7, 11) is 3.52. The van der Waals surface area contributed by atoms with Gasteiger partial charge in [0, 0.05) is 19.3 Å². The molecule has 0 heterocycles. The van der Waals surface area contributed by atoms with Gasteiger partial charge >= 0.3 is 0 Å². The zero-order valence-corrected chi connectivity index (χ0v) is 11.0. The lowest BCUT2D eigenvalue weighted by Gasteiger charge is -2.20. The second-order valence-electron chi connectivity index (χ2n) is 4.35. The zero-order valence-electron chi connectivity index (χ0n) is 11.0. The quantitative estimate of drug-likeness (QED) is 0.907. The molecule has 0 spiro atoms. The molecule has 0 radical (unpaired) electrons.